The molecular formula is C65H125NO5. The Morgan fingerprint density at radius 2 is 0.662 bits per heavy atom. The van der Waals surface area contributed by atoms with Crippen molar-refractivity contribution in [2.75, 3.05) is 13.2 Å². The van der Waals surface area contributed by atoms with Gasteiger partial charge in [0.2, 0.25) is 5.91 Å². The third-order valence-corrected chi connectivity index (χ3v) is 15.0. The molecular weight excluding hydrogens is 875 g/mol. The van der Waals surface area contributed by atoms with E-state index in [0.717, 1.165) is 44.9 Å². The van der Waals surface area contributed by atoms with Crippen molar-refractivity contribution in [3.05, 3.63) is 24.3 Å². The number of aliphatic hydroxyl groups excluding tert-OH is 2. The second-order valence-electron chi connectivity index (χ2n) is 22.1. The summed E-state index contributed by atoms with van der Waals surface area (Å²) in [4.78, 5) is 24.5. The molecule has 71 heavy (non-hydrogen) atoms. The van der Waals surface area contributed by atoms with Gasteiger partial charge in [0, 0.05) is 12.8 Å². The number of carbonyl (C=O) groups excluding carboxylic acids is 2. The van der Waals surface area contributed by atoms with Crippen LogP contribution >= 0.6 is 0 Å². The third kappa shape index (κ3) is 57.5. The number of nitrogens with one attached hydrogen (secondary N) is 1. The van der Waals surface area contributed by atoms with Crippen LogP contribution in [0.5, 0.6) is 0 Å². The van der Waals surface area contributed by atoms with Gasteiger partial charge in [0.1, 0.15) is 0 Å². The van der Waals surface area contributed by atoms with E-state index in [9.17, 15) is 19.8 Å². The predicted molar refractivity (Wildman–Crippen MR) is 310 cm³/mol. The van der Waals surface area contributed by atoms with Crippen LogP contribution in [0.25, 0.3) is 0 Å². The summed E-state index contributed by atoms with van der Waals surface area (Å²) >= 11 is 0. The molecule has 0 spiro atoms. The molecule has 0 bridgehead atoms. The fourth-order valence-corrected chi connectivity index (χ4v) is 10.0. The zero-order valence-corrected chi connectivity index (χ0v) is 48.0. The second-order valence-corrected chi connectivity index (χ2v) is 22.1. The van der Waals surface area contributed by atoms with Crippen LogP contribution in [-0.2, 0) is 14.3 Å². The normalized spacial score (nSPS) is 12.7. The first-order chi connectivity index (χ1) is 35.0. The SMILES string of the molecule is CCCCCCC/C=C\CCCCCCCC(=O)OCCCCCCCCCCCCCC/C=C\CCCCCCCCCCCCCCC(=O)NC(CO)C(O)CCCCCCCCCCCCCC. The Hall–Kier alpha value is -1.66. The highest BCUT2D eigenvalue weighted by atomic mass is 16.5. The van der Waals surface area contributed by atoms with Crippen molar-refractivity contribution in [2.24, 2.45) is 0 Å². The van der Waals surface area contributed by atoms with E-state index in [1.165, 1.54) is 276 Å². The molecule has 0 aliphatic carbocycles. The largest absolute Gasteiger partial charge is 0.466 e. The molecule has 0 aliphatic rings. The molecule has 420 valence electrons. The Kier molecular flexibility index (Phi) is 59.5. The van der Waals surface area contributed by atoms with E-state index in [0.29, 0.717) is 25.9 Å². The number of carbonyl (C=O) groups is 2. The van der Waals surface area contributed by atoms with Gasteiger partial charge < -0.3 is 20.3 Å². The van der Waals surface area contributed by atoms with Crippen LogP contribution in [0.15, 0.2) is 24.3 Å². The molecule has 6 heteroatoms. The maximum Gasteiger partial charge on any atom is 0.305 e. The van der Waals surface area contributed by atoms with Crippen molar-refractivity contribution in [3.8, 4) is 0 Å². The number of unbranched alkanes of at least 4 members (excludes halogenated alkanes) is 45. The second kappa shape index (κ2) is 60.9. The summed E-state index contributed by atoms with van der Waals surface area (Å²) in [6.45, 7) is 4.95. The Morgan fingerprint density at radius 3 is 1.00 bits per heavy atom. The van der Waals surface area contributed by atoms with E-state index < -0.39 is 12.1 Å². The molecule has 0 saturated carbocycles. The van der Waals surface area contributed by atoms with Crippen LogP contribution in [-0.4, -0.2) is 47.4 Å². The first kappa shape index (κ1) is 69.3. The minimum absolute atomic E-state index is 0.00754. The lowest BCUT2D eigenvalue weighted by molar-refractivity contribution is -0.143. The quantitative estimate of drug-likeness (QED) is 0.0320. The first-order valence-corrected chi connectivity index (χ1v) is 32.1. The molecule has 0 aromatic heterocycles. The van der Waals surface area contributed by atoms with Crippen molar-refractivity contribution in [2.45, 2.75) is 366 Å². The molecule has 0 rings (SSSR count). The van der Waals surface area contributed by atoms with Gasteiger partial charge in [-0.2, -0.15) is 0 Å². The van der Waals surface area contributed by atoms with Gasteiger partial charge in [-0.15, -0.1) is 0 Å². The molecule has 2 unspecified atom stereocenters. The Balaban J connectivity index is 3.36. The number of hydrogen-bond donors (Lipinski definition) is 3. The van der Waals surface area contributed by atoms with Crippen LogP contribution < -0.4 is 5.32 Å². The smallest absolute Gasteiger partial charge is 0.305 e. The molecule has 2 atom stereocenters. The number of esters is 1. The van der Waals surface area contributed by atoms with E-state index in [1.807, 2.05) is 0 Å². The van der Waals surface area contributed by atoms with Gasteiger partial charge in [-0.3, -0.25) is 9.59 Å². The Bertz CT molecular complexity index is 1110. The van der Waals surface area contributed by atoms with E-state index in [2.05, 4.69) is 43.5 Å². The van der Waals surface area contributed by atoms with Gasteiger partial charge in [0.15, 0.2) is 0 Å². The lowest BCUT2D eigenvalue weighted by atomic mass is 10.0. The van der Waals surface area contributed by atoms with Crippen molar-refractivity contribution >= 4 is 11.9 Å². The standard InChI is InChI=1S/C65H125NO5/c1-3-5-7-9-11-13-15-17-35-39-43-47-51-55-59-65(70)71-60-56-52-48-44-40-36-33-31-29-27-25-23-21-19-18-20-22-24-26-28-30-32-34-38-42-46-50-54-58-64(69)66-62(61-67)63(68)57-53-49-45-41-37-16-14-12-10-8-6-4-2/h15,17-19,62-63,67-68H,3-14,16,20-61H2,1-2H3,(H,66,69)/b17-15-,19-18-. The highest BCUT2D eigenvalue weighted by Gasteiger charge is 2.20. The molecule has 0 fully saturated rings. The highest BCUT2D eigenvalue weighted by Crippen LogP contribution is 2.18. The van der Waals surface area contributed by atoms with Crippen molar-refractivity contribution in [1.82, 2.24) is 5.32 Å². The molecule has 1 amide bonds. The van der Waals surface area contributed by atoms with E-state index in [4.69, 9.17) is 4.74 Å². The van der Waals surface area contributed by atoms with Gasteiger partial charge >= 0.3 is 5.97 Å². The van der Waals surface area contributed by atoms with Gasteiger partial charge in [-0.1, -0.05) is 289 Å². The molecule has 0 aromatic carbocycles. The number of amides is 1. The maximum atomic E-state index is 12.5. The third-order valence-electron chi connectivity index (χ3n) is 15.0. The molecule has 0 saturated heterocycles. The highest BCUT2D eigenvalue weighted by molar-refractivity contribution is 5.76. The van der Waals surface area contributed by atoms with Crippen molar-refractivity contribution in [3.63, 3.8) is 0 Å². The first-order valence-electron chi connectivity index (χ1n) is 32.1. The number of allylic oxidation sites excluding steroid dienone is 4. The zero-order chi connectivity index (χ0) is 51.4. The number of hydrogen-bond acceptors (Lipinski definition) is 5. The number of rotatable bonds is 60. The van der Waals surface area contributed by atoms with Gasteiger partial charge in [0.05, 0.1) is 25.4 Å². The van der Waals surface area contributed by atoms with Crippen LogP contribution in [0.4, 0.5) is 0 Å². The Labute approximate surface area is 443 Å². The maximum absolute atomic E-state index is 12.5. The summed E-state index contributed by atoms with van der Waals surface area (Å²) in [7, 11) is 0. The molecule has 0 radical (unpaired) electrons. The van der Waals surface area contributed by atoms with Gasteiger partial charge in [-0.25, -0.2) is 0 Å². The van der Waals surface area contributed by atoms with Crippen LogP contribution in [0.1, 0.15) is 354 Å². The average molecular weight is 1000 g/mol. The van der Waals surface area contributed by atoms with Crippen LogP contribution in [0.3, 0.4) is 0 Å². The summed E-state index contributed by atoms with van der Waals surface area (Å²) in [5.74, 6) is -0.0266. The molecule has 0 aliphatic heterocycles. The summed E-state index contributed by atoms with van der Waals surface area (Å²) in [6, 6.07) is -0.540. The fraction of sp³-hybridized carbons (Fsp3) is 0.908. The number of aliphatic hydroxyl groups is 2. The minimum atomic E-state index is -0.663. The molecule has 0 aromatic rings. The summed E-state index contributed by atoms with van der Waals surface area (Å²) < 4.78 is 5.48. The number of ether oxygens (including phenoxy) is 1. The summed E-state index contributed by atoms with van der Waals surface area (Å²) in [5.41, 5.74) is 0. The molecule has 3 N–H and O–H groups in total. The Morgan fingerprint density at radius 1 is 0.380 bits per heavy atom. The van der Waals surface area contributed by atoms with Crippen molar-refractivity contribution < 1.29 is 24.5 Å². The monoisotopic (exact) mass is 1000 g/mol. The summed E-state index contributed by atoms with van der Waals surface area (Å²) in [5, 5.41) is 23.2. The average Bonchev–Trinajstić information content (AvgIpc) is 3.37. The van der Waals surface area contributed by atoms with Crippen LogP contribution in [0.2, 0.25) is 0 Å². The van der Waals surface area contributed by atoms with E-state index >= 15 is 0 Å². The minimum Gasteiger partial charge on any atom is -0.466 e. The van der Waals surface area contributed by atoms with E-state index in [1.54, 1.807) is 0 Å². The molecule has 0 heterocycles. The fourth-order valence-electron chi connectivity index (χ4n) is 10.0. The zero-order valence-electron chi connectivity index (χ0n) is 48.0. The lowest BCUT2D eigenvalue weighted by Gasteiger charge is -2.22. The van der Waals surface area contributed by atoms with Crippen LogP contribution in [0, 0.1) is 0 Å². The van der Waals surface area contributed by atoms with Gasteiger partial charge in [-0.05, 0) is 77.0 Å². The predicted octanol–water partition coefficient (Wildman–Crippen LogP) is 20.2. The molecule has 6 nitrogen and oxygen atoms in total. The van der Waals surface area contributed by atoms with Gasteiger partial charge in [0.25, 0.3) is 0 Å². The lowest BCUT2D eigenvalue weighted by Crippen LogP contribution is -2.45. The topological polar surface area (TPSA) is 95.9 Å². The summed E-state index contributed by atoms with van der Waals surface area (Å²) in [6.07, 6.45) is 74.9. The van der Waals surface area contributed by atoms with Crippen molar-refractivity contribution in [1.29, 1.82) is 0 Å². The van der Waals surface area contributed by atoms with E-state index in [-0.39, 0.29) is 18.5 Å².